The minimum atomic E-state index is -0.831. The highest BCUT2D eigenvalue weighted by Crippen LogP contribution is 2.37. The van der Waals surface area contributed by atoms with Crippen LogP contribution in [0.2, 0.25) is 0 Å². The molecule has 0 aromatic heterocycles. The van der Waals surface area contributed by atoms with Crippen molar-refractivity contribution in [1.82, 2.24) is 10.1 Å². The smallest absolute Gasteiger partial charge is 0.258 e. The second-order valence-corrected chi connectivity index (χ2v) is 16.7. The molecule has 8 aromatic carbocycles. The van der Waals surface area contributed by atoms with Crippen LogP contribution in [0.25, 0.3) is 44.5 Å². The number of benzene rings is 8. The third-order valence-electron chi connectivity index (χ3n) is 12.6. The molecule has 0 heterocycles. The second-order valence-electron chi connectivity index (χ2n) is 16.7. The lowest BCUT2D eigenvalue weighted by molar-refractivity contribution is -0.195. The normalized spacial score (nSPS) is 14.9. The van der Waals surface area contributed by atoms with Crippen LogP contribution in [-0.4, -0.2) is 44.4 Å². The summed E-state index contributed by atoms with van der Waals surface area (Å²) in [6.07, 6.45) is 1.83. The number of hydrogen-bond acceptors (Lipinski definition) is 4. The van der Waals surface area contributed by atoms with Gasteiger partial charge in [0, 0.05) is 0 Å². The summed E-state index contributed by atoms with van der Waals surface area (Å²) >= 11 is 0. The van der Waals surface area contributed by atoms with Crippen LogP contribution in [0.5, 0.6) is 0 Å². The van der Waals surface area contributed by atoms with Gasteiger partial charge in [0.25, 0.3) is 11.8 Å². The summed E-state index contributed by atoms with van der Waals surface area (Å²) in [6.45, 7) is 0. The number of carbonyl (C=O) groups excluding carboxylic acids is 2. The van der Waals surface area contributed by atoms with Crippen molar-refractivity contribution in [3.8, 4) is 44.5 Å². The molecule has 0 bridgehead atoms. The first-order chi connectivity index (χ1) is 31.4. The van der Waals surface area contributed by atoms with E-state index in [9.17, 15) is 20.0 Å². The molecule has 0 saturated heterocycles. The van der Waals surface area contributed by atoms with Gasteiger partial charge in [0.2, 0.25) is 0 Å². The maximum Gasteiger partial charge on any atom is 0.258 e. The Morgan fingerprint density at radius 1 is 0.359 bits per heavy atom. The quantitative estimate of drug-likeness (QED) is 0.0948. The van der Waals surface area contributed by atoms with Gasteiger partial charge in [0.1, 0.15) is 0 Å². The van der Waals surface area contributed by atoms with E-state index in [-0.39, 0.29) is 6.42 Å². The van der Waals surface area contributed by atoms with Crippen molar-refractivity contribution in [3.63, 3.8) is 0 Å². The first kappa shape index (κ1) is 41.9. The highest BCUT2D eigenvalue weighted by atomic mass is 16.5. The van der Waals surface area contributed by atoms with Crippen molar-refractivity contribution in [3.05, 3.63) is 241 Å². The third kappa shape index (κ3) is 9.20. The molecule has 316 valence electrons. The molecule has 1 aliphatic rings. The number of rotatable bonds is 12. The maximum absolute atomic E-state index is 15.0. The SMILES string of the molecule is O=C(C(c1cccc(-c2ccccc2)c1)c1cccc(-c2ccccc2)c1)N(O)C1CCC[C@@H](N(O)C(=O)C(c2cccc(-c3ccccc3)c2)c2cccc(-c3ccccc3)c2)C1. The summed E-state index contributed by atoms with van der Waals surface area (Å²) in [6, 6.07) is 70.6. The van der Waals surface area contributed by atoms with Crippen LogP contribution in [0.3, 0.4) is 0 Å². The van der Waals surface area contributed by atoms with Crippen LogP contribution in [0.15, 0.2) is 218 Å². The summed E-state index contributed by atoms with van der Waals surface area (Å²) in [7, 11) is 0. The van der Waals surface area contributed by atoms with Gasteiger partial charge in [-0.1, -0.05) is 218 Å². The maximum atomic E-state index is 15.0. The molecule has 2 atom stereocenters. The van der Waals surface area contributed by atoms with E-state index in [1.807, 2.05) is 218 Å². The molecule has 64 heavy (non-hydrogen) atoms. The Balaban J connectivity index is 1.02. The van der Waals surface area contributed by atoms with Crippen LogP contribution in [0, 0.1) is 0 Å². The van der Waals surface area contributed by atoms with Crippen molar-refractivity contribution in [2.75, 3.05) is 0 Å². The Morgan fingerprint density at radius 3 is 0.875 bits per heavy atom. The van der Waals surface area contributed by atoms with Crippen molar-refractivity contribution in [1.29, 1.82) is 0 Å². The van der Waals surface area contributed by atoms with Crippen LogP contribution in [-0.2, 0) is 9.59 Å². The van der Waals surface area contributed by atoms with E-state index in [1.165, 1.54) is 0 Å². The molecule has 1 unspecified atom stereocenters. The Hall–Kier alpha value is -7.38. The van der Waals surface area contributed by atoms with Gasteiger partial charge < -0.3 is 0 Å². The fourth-order valence-corrected chi connectivity index (χ4v) is 9.28. The monoisotopic (exact) mass is 838 g/mol. The average Bonchev–Trinajstić information content (AvgIpc) is 3.37. The Bertz CT molecular complexity index is 2470. The summed E-state index contributed by atoms with van der Waals surface area (Å²) in [5.74, 6) is -2.60. The molecule has 6 heteroatoms. The molecular formula is C58H50N2O4. The van der Waals surface area contributed by atoms with Gasteiger partial charge in [-0.25, -0.2) is 10.1 Å². The van der Waals surface area contributed by atoms with E-state index >= 15 is 0 Å². The van der Waals surface area contributed by atoms with E-state index in [0.717, 1.165) is 76.9 Å². The highest BCUT2D eigenvalue weighted by molar-refractivity contribution is 5.89. The van der Waals surface area contributed by atoms with Crippen LogP contribution in [0.1, 0.15) is 59.8 Å². The lowest BCUT2D eigenvalue weighted by atomic mass is 9.84. The molecule has 9 rings (SSSR count). The van der Waals surface area contributed by atoms with Crippen molar-refractivity contribution < 1.29 is 20.0 Å². The molecule has 0 radical (unpaired) electrons. The van der Waals surface area contributed by atoms with Crippen molar-refractivity contribution in [2.24, 2.45) is 0 Å². The molecule has 8 aromatic rings. The van der Waals surface area contributed by atoms with Gasteiger partial charge in [-0.05, 0) is 92.4 Å². The van der Waals surface area contributed by atoms with Crippen LogP contribution < -0.4 is 0 Å². The Labute approximate surface area is 375 Å². The summed E-state index contributed by atoms with van der Waals surface area (Å²) in [5.41, 5.74) is 10.9. The molecule has 1 saturated carbocycles. The fraction of sp³-hybridized carbons (Fsp3) is 0.138. The molecule has 0 aliphatic heterocycles. The molecular weight excluding hydrogens is 789 g/mol. The van der Waals surface area contributed by atoms with Gasteiger partial charge in [-0.3, -0.25) is 20.0 Å². The Morgan fingerprint density at radius 2 is 0.609 bits per heavy atom. The minimum Gasteiger partial charge on any atom is -0.286 e. The van der Waals surface area contributed by atoms with Crippen LogP contribution in [0.4, 0.5) is 0 Å². The average molecular weight is 839 g/mol. The van der Waals surface area contributed by atoms with E-state index in [0.29, 0.717) is 19.3 Å². The standard InChI is InChI=1S/C58H50N2O4/c61-57(55(49-30-13-26-45(36-49)41-18-5-1-6-19-41)50-31-14-27-46(37-50)42-20-7-2-8-21-42)59(63)53-34-17-35-54(40-53)60(64)58(62)56(51-32-15-28-47(38-51)43-22-9-3-10-23-43)52-33-16-29-48(39-52)44-24-11-4-12-25-44/h1-16,18-33,36-39,53-56,63-64H,17,34-35,40H2/t53-,54?/m1/s1. The van der Waals surface area contributed by atoms with E-state index in [1.54, 1.807) is 0 Å². The largest absolute Gasteiger partial charge is 0.286 e. The van der Waals surface area contributed by atoms with Gasteiger partial charge in [-0.15, -0.1) is 0 Å². The number of nitrogens with zero attached hydrogens (tertiary/aromatic N) is 2. The highest BCUT2D eigenvalue weighted by Gasteiger charge is 2.39. The molecule has 1 fully saturated rings. The second kappa shape index (κ2) is 19.3. The molecule has 6 nitrogen and oxygen atoms in total. The third-order valence-corrected chi connectivity index (χ3v) is 12.6. The van der Waals surface area contributed by atoms with E-state index in [4.69, 9.17) is 0 Å². The fourth-order valence-electron chi connectivity index (χ4n) is 9.28. The zero-order valence-electron chi connectivity index (χ0n) is 35.5. The predicted molar refractivity (Wildman–Crippen MR) is 255 cm³/mol. The molecule has 0 spiro atoms. The lowest BCUT2D eigenvalue weighted by Gasteiger charge is -2.38. The minimum absolute atomic E-state index is 0.201. The first-order valence-electron chi connectivity index (χ1n) is 22.1. The number of carbonyl (C=O) groups is 2. The van der Waals surface area contributed by atoms with Gasteiger partial charge in [0.15, 0.2) is 0 Å². The van der Waals surface area contributed by atoms with Crippen molar-refractivity contribution >= 4 is 11.8 Å². The molecule has 1 aliphatic carbocycles. The van der Waals surface area contributed by atoms with Crippen LogP contribution >= 0.6 is 0 Å². The molecule has 2 N–H and O–H groups in total. The van der Waals surface area contributed by atoms with E-state index < -0.39 is 35.7 Å². The Kier molecular flexibility index (Phi) is 12.7. The number of hydroxylamine groups is 4. The lowest BCUT2D eigenvalue weighted by Crippen LogP contribution is -2.49. The zero-order valence-corrected chi connectivity index (χ0v) is 35.5. The van der Waals surface area contributed by atoms with Gasteiger partial charge in [-0.2, -0.15) is 0 Å². The zero-order chi connectivity index (χ0) is 43.8. The van der Waals surface area contributed by atoms with Crippen molar-refractivity contribution in [2.45, 2.75) is 49.6 Å². The summed E-state index contributed by atoms with van der Waals surface area (Å²) in [5, 5.41) is 25.9. The topological polar surface area (TPSA) is 81.1 Å². The number of amides is 2. The summed E-state index contributed by atoms with van der Waals surface area (Å²) < 4.78 is 0. The first-order valence-corrected chi connectivity index (χ1v) is 22.1. The molecule has 2 amide bonds. The number of hydrogen-bond donors (Lipinski definition) is 2. The summed E-state index contributed by atoms with van der Waals surface area (Å²) in [4.78, 5) is 29.9. The van der Waals surface area contributed by atoms with E-state index in [2.05, 4.69) is 0 Å². The predicted octanol–water partition coefficient (Wildman–Crippen LogP) is 13.1. The van der Waals surface area contributed by atoms with Gasteiger partial charge >= 0.3 is 0 Å². The van der Waals surface area contributed by atoms with Gasteiger partial charge in [0.05, 0.1) is 23.9 Å².